The molecule has 0 bridgehead atoms. The van der Waals surface area contributed by atoms with Crippen LogP contribution in [0.15, 0.2) is 41.9 Å². The van der Waals surface area contributed by atoms with E-state index in [0.29, 0.717) is 18.7 Å². The highest BCUT2D eigenvalue weighted by atomic mass is 16.5. The van der Waals surface area contributed by atoms with Crippen molar-refractivity contribution in [3.05, 3.63) is 41.9 Å². The number of fused-ring (bicyclic) bond motifs is 1. The Morgan fingerprint density at radius 2 is 1.94 bits per heavy atom. The van der Waals surface area contributed by atoms with Crippen molar-refractivity contribution in [2.24, 2.45) is 0 Å². The zero-order chi connectivity index (χ0) is 24.8. The summed E-state index contributed by atoms with van der Waals surface area (Å²) in [5.41, 5.74) is 1.15. The van der Waals surface area contributed by atoms with Crippen LogP contribution >= 0.6 is 0 Å². The van der Waals surface area contributed by atoms with Gasteiger partial charge >= 0.3 is 5.97 Å². The lowest BCUT2D eigenvalue weighted by Gasteiger charge is -2.28. The summed E-state index contributed by atoms with van der Waals surface area (Å²) in [4.78, 5) is 45.1. The van der Waals surface area contributed by atoms with Gasteiger partial charge in [-0.25, -0.2) is 4.79 Å². The van der Waals surface area contributed by atoms with Crippen LogP contribution in [0.3, 0.4) is 0 Å². The number of para-hydroxylation sites is 1. The number of hydrogen-bond donors (Lipinski definition) is 3. The number of methoxy groups -OCH3 is 1. The maximum atomic E-state index is 13.4. The number of aromatic amines is 1. The summed E-state index contributed by atoms with van der Waals surface area (Å²) < 4.78 is 4.81. The fourth-order valence-corrected chi connectivity index (χ4v) is 4.60. The molecule has 0 saturated carbocycles. The fraction of sp³-hybridized carbons (Fsp3) is 0.440. The third kappa shape index (κ3) is 5.40. The monoisotopic (exact) mass is 478 g/mol. The molecule has 3 N–H and O–H groups in total. The van der Waals surface area contributed by atoms with Crippen molar-refractivity contribution in [3.63, 3.8) is 0 Å². The second-order valence-electron chi connectivity index (χ2n) is 8.77. The lowest BCUT2D eigenvalue weighted by molar-refractivity contribution is -0.140. The van der Waals surface area contributed by atoms with E-state index in [0.717, 1.165) is 49.7 Å². The molecule has 35 heavy (non-hydrogen) atoms. The van der Waals surface area contributed by atoms with E-state index in [1.165, 1.54) is 7.11 Å². The number of nitriles is 1. The molecule has 10 nitrogen and oxygen atoms in total. The number of ether oxygens (including phenoxy) is 1. The first-order chi connectivity index (χ1) is 17.0. The SMILES string of the molecule is COC(=O)/C(C#N)=C(/Nc1cccc2cc[nH]c12)N[C@H]1CCCCN(CC(=O)N2CCCC2)C1=O. The summed E-state index contributed by atoms with van der Waals surface area (Å²) in [5.74, 6) is -0.999. The van der Waals surface area contributed by atoms with Crippen LogP contribution in [0.2, 0.25) is 0 Å². The Morgan fingerprint density at radius 1 is 1.17 bits per heavy atom. The summed E-state index contributed by atoms with van der Waals surface area (Å²) in [5, 5.41) is 16.9. The lowest BCUT2D eigenvalue weighted by Crippen LogP contribution is -2.49. The van der Waals surface area contributed by atoms with E-state index < -0.39 is 12.0 Å². The number of esters is 1. The van der Waals surface area contributed by atoms with Crippen LogP contribution in [0.4, 0.5) is 5.69 Å². The standard InChI is InChI=1S/C25H30N6O4/c1-35-25(34)18(15-26)23(28-19-9-6-7-17-10-11-27-22(17)19)29-20-8-2-3-14-31(24(20)33)16-21(32)30-12-4-5-13-30/h6-7,9-11,20,27-29H,2-5,8,12-14,16H2,1H3/b23-18-/t20-/m0/s1. The molecule has 184 valence electrons. The Balaban J connectivity index is 1.59. The molecule has 2 aliphatic rings. The van der Waals surface area contributed by atoms with E-state index in [1.54, 1.807) is 16.0 Å². The normalized spacial score (nSPS) is 19.1. The summed E-state index contributed by atoms with van der Waals surface area (Å²) in [6.45, 7) is 1.99. The summed E-state index contributed by atoms with van der Waals surface area (Å²) in [6, 6.07) is 8.70. The summed E-state index contributed by atoms with van der Waals surface area (Å²) in [6.07, 6.45) is 5.81. The second-order valence-corrected chi connectivity index (χ2v) is 8.77. The highest BCUT2D eigenvalue weighted by Crippen LogP contribution is 2.24. The molecule has 0 unspecified atom stereocenters. The highest BCUT2D eigenvalue weighted by molar-refractivity contribution is 5.96. The average Bonchev–Trinajstić information content (AvgIpc) is 3.54. The first-order valence-corrected chi connectivity index (χ1v) is 11.9. The van der Waals surface area contributed by atoms with E-state index in [4.69, 9.17) is 4.74 Å². The first kappa shape index (κ1) is 24.1. The number of anilines is 1. The van der Waals surface area contributed by atoms with Gasteiger partial charge in [0.15, 0.2) is 5.57 Å². The van der Waals surface area contributed by atoms with Gasteiger partial charge in [-0.1, -0.05) is 12.1 Å². The number of hydrogen-bond acceptors (Lipinski definition) is 7. The van der Waals surface area contributed by atoms with Crippen LogP contribution < -0.4 is 10.6 Å². The van der Waals surface area contributed by atoms with Gasteiger partial charge in [0.05, 0.1) is 24.9 Å². The smallest absolute Gasteiger partial charge is 0.352 e. The van der Waals surface area contributed by atoms with Gasteiger partial charge in [0.25, 0.3) is 0 Å². The summed E-state index contributed by atoms with van der Waals surface area (Å²) in [7, 11) is 1.20. The van der Waals surface area contributed by atoms with E-state index in [2.05, 4.69) is 15.6 Å². The van der Waals surface area contributed by atoms with Crippen LogP contribution in [-0.4, -0.2) is 71.9 Å². The quantitative estimate of drug-likeness (QED) is 0.315. The number of nitrogens with one attached hydrogen (secondary N) is 3. The third-order valence-corrected chi connectivity index (χ3v) is 6.48. The van der Waals surface area contributed by atoms with Crippen LogP contribution in [0, 0.1) is 11.3 Å². The molecule has 0 aliphatic carbocycles. The minimum absolute atomic E-state index is 0.0351. The van der Waals surface area contributed by atoms with Crippen molar-refractivity contribution in [1.82, 2.24) is 20.1 Å². The van der Waals surface area contributed by atoms with Gasteiger partial charge in [0.1, 0.15) is 17.9 Å². The zero-order valence-electron chi connectivity index (χ0n) is 19.8. The number of carbonyl (C=O) groups excluding carboxylic acids is 3. The number of rotatable bonds is 7. The van der Waals surface area contributed by atoms with Gasteiger partial charge in [-0.15, -0.1) is 0 Å². The van der Waals surface area contributed by atoms with E-state index >= 15 is 0 Å². The molecular formula is C25H30N6O4. The van der Waals surface area contributed by atoms with Crippen molar-refractivity contribution < 1.29 is 19.1 Å². The predicted molar refractivity (Wildman–Crippen MR) is 130 cm³/mol. The molecule has 2 aromatic rings. The number of carbonyl (C=O) groups is 3. The third-order valence-electron chi connectivity index (χ3n) is 6.48. The fourth-order valence-electron chi connectivity index (χ4n) is 4.60. The number of nitrogens with zero attached hydrogens (tertiary/aromatic N) is 3. The van der Waals surface area contributed by atoms with Crippen molar-refractivity contribution in [2.75, 3.05) is 38.6 Å². The number of H-pyrrole nitrogens is 1. The van der Waals surface area contributed by atoms with Crippen molar-refractivity contribution in [2.45, 2.75) is 38.1 Å². The Morgan fingerprint density at radius 3 is 2.69 bits per heavy atom. The molecule has 10 heteroatoms. The summed E-state index contributed by atoms with van der Waals surface area (Å²) >= 11 is 0. The first-order valence-electron chi connectivity index (χ1n) is 11.9. The van der Waals surface area contributed by atoms with Gasteiger partial charge < -0.3 is 30.2 Å². The molecule has 3 heterocycles. The number of amides is 2. The van der Waals surface area contributed by atoms with E-state index in [1.807, 2.05) is 30.3 Å². The van der Waals surface area contributed by atoms with E-state index in [-0.39, 0.29) is 29.8 Å². The van der Waals surface area contributed by atoms with Crippen LogP contribution in [-0.2, 0) is 19.1 Å². The van der Waals surface area contributed by atoms with Gasteiger partial charge in [-0.3, -0.25) is 9.59 Å². The molecule has 1 aromatic carbocycles. The van der Waals surface area contributed by atoms with Crippen LogP contribution in [0.1, 0.15) is 32.1 Å². The Bertz CT molecular complexity index is 1170. The number of benzene rings is 1. The molecule has 4 rings (SSSR count). The van der Waals surface area contributed by atoms with Crippen LogP contribution in [0.25, 0.3) is 10.9 Å². The topological polar surface area (TPSA) is 131 Å². The van der Waals surface area contributed by atoms with Gasteiger partial charge in [-0.05, 0) is 44.2 Å². The Labute approximate surface area is 203 Å². The minimum atomic E-state index is -0.816. The molecule has 2 fully saturated rings. The van der Waals surface area contributed by atoms with Crippen molar-refractivity contribution >= 4 is 34.4 Å². The number of aromatic nitrogens is 1. The molecule has 2 saturated heterocycles. The maximum absolute atomic E-state index is 13.4. The van der Waals surface area contributed by atoms with Gasteiger partial charge in [-0.2, -0.15) is 5.26 Å². The minimum Gasteiger partial charge on any atom is -0.465 e. The Kier molecular flexibility index (Phi) is 7.55. The molecule has 2 amide bonds. The largest absolute Gasteiger partial charge is 0.465 e. The van der Waals surface area contributed by atoms with Gasteiger partial charge in [0, 0.05) is 31.2 Å². The zero-order valence-corrected chi connectivity index (χ0v) is 19.8. The second kappa shape index (κ2) is 11.0. The van der Waals surface area contributed by atoms with Gasteiger partial charge in [0.2, 0.25) is 11.8 Å². The molecule has 0 spiro atoms. The average molecular weight is 479 g/mol. The predicted octanol–water partition coefficient (Wildman–Crippen LogP) is 2.08. The molecule has 1 atom stereocenters. The highest BCUT2D eigenvalue weighted by Gasteiger charge is 2.31. The van der Waals surface area contributed by atoms with Crippen molar-refractivity contribution in [3.8, 4) is 6.07 Å². The lowest BCUT2D eigenvalue weighted by atomic mass is 10.1. The molecule has 1 aromatic heterocycles. The molecule has 2 aliphatic heterocycles. The van der Waals surface area contributed by atoms with E-state index in [9.17, 15) is 19.6 Å². The molecular weight excluding hydrogens is 448 g/mol. The van der Waals surface area contributed by atoms with Crippen LogP contribution in [0.5, 0.6) is 0 Å². The number of likely N-dealkylation sites (tertiary alicyclic amines) is 2. The maximum Gasteiger partial charge on any atom is 0.352 e. The molecule has 0 radical (unpaired) electrons. The van der Waals surface area contributed by atoms with Crippen molar-refractivity contribution in [1.29, 1.82) is 5.26 Å². The Hall–Kier alpha value is -4.00.